The van der Waals surface area contributed by atoms with E-state index in [0.29, 0.717) is 65.0 Å². The van der Waals surface area contributed by atoms with E-state index in [9.17, 15) is 39.2 Å². The molecule has 0 saturated heterocycles. The summed E-state index contributed by atoms with van der Waals surface area (Å²) in [6.45, 7) is 45.4. The van der Waals surface area contributed by atoms with E-state index in [1.54, 1.807) is 19.1 Å². The molecule has 3 heterocycles. The molecule has 112 heavy (non-hydrogen) atoms. The van der Waals surface area contributed by atoms with Crippen LogP contribution in [-0.4, -0.2) is 69.0 Å². The van der Waals surface area contributed by atoms with Crippen molar-refractivity contribution in [3.05, 3.63) is 225 Å². The second-order valence-corrected chi connectivity index (χ2v) is 38.1. The lowest BCUT2D eigenvalue weighted by Gasteiger charge is -2.22. The van der Waals surface area contributed by atoms with Crippen LogP contribution in [0.25, 0.3) is 11.0 Å². The molecule has 0 aliphatic carbocycles. The number of nitrogen functional groups attached to an aromatic ring is 4. The molecule has 10 rings (SSSR count). The van der Waals surface area contributed by atoms with Gasteiger partial charge in [0, 0.05) is 65.2 Å². The number of nitro groups is 2. The van der Waals surface area contributed by atoms with Gasteiger partial charge in [-0.2, -0.15) is 0 Å². The molecular weight excluding hydrogens is 1670 g/mol. The van der Waals surface area contributed by atoms with Crippen LogP contribution in [0.3, 0.4) is 0 Å². The average molecular weight is 1790 g/mol. The number of carbonyl (C=O) groups is 3. The first-order valence-electron chi connectivity index (χ1n) is 36.5. The highest BCUT2D eigenvalue weighted by molar-refractivity contribution is 14.1. The fraction of sp³-hybridized carbons (Fsp3) is 0.439. The van der Waals surface area contributed by atoms with Crippen LogP contribution in [-0.2, 0) is 38.2 Å². The number of fused-ring (bicyclic) bond motifs is 3. The summed E-state index contributed by atoms with van der Waals surface area (Å²) in [6, 6.07) is 42.8. The number of nitro benzene ring substituents is 2. The molecular formula is C82H120Cl5IN11O12P. The Hall–Kier alpha value is -7.81. The number of benzene rings is 7. The lowest BCUT2D eigenvalue weighted by Crippen LogP contribution is -2.33. The van der Waals surface area contributed by atoms with Crippen LogP contribution in [0.2, 0.25) is 5.28 Å². The van der Waals surface area contributed by atoms with Crippen LogP contribution < -0.4 is 33.2 Å². The second-order valence-electron chi connectivity index (χ2n) is 28.6. The highest BCUT2D eigenvalue weighted by Crippen LogP contribution is 2.61. The van der Waals surface area contributed by atoms with Gasteiger partial charge in [0.2, 0.25) is 17.1 Å². The van der Waals surface area contributed by atoms with Crippen molar-refractivity contribution in [2.24, 2.45) is 0 Å². The molecule has 2 aliphatic heterocycles. The number of amides is 2. The zero-order chi connectivity index (χ0) is 85.8. The zero-order valence-electron chi connectivity index (χ0n) is 68.5. The van der Waals surface area contributed by atoms with Gasteiger partial charge in [0.15, 0.2) is 0 Å². The maximum absolute atomic E-state index is 12.0. The number of hydrogen-bond donors (Lipinski definition) is 7. The number of hydrogen-bond acceptors (Lipinski definition) is 16. The van der Waals surface area contributed by atoms with E-state index in [1.165, 1.54) is 52.4 Å². The number of carbonyl (C=O) groups excluding carboxylic acids is 3. The predicted molar refractivity (Wildman–Crippen MR) is 482 cm³/mol. The van der Waals surface area contributed by atoms with Crippen molar-refractivity contribution in [1.29, 1.82) is 0 Å². The molecule has 0 bridgehead atoms. The van der Waals surface area contributed by atoms with Crippen LogP contribution in [0.1, 0.15) is 257 Å². The Kier molecular flexibility index (Phi) is 49.9. The number of imidazole rings is 1. The van der Waals surface area contributed by atoms with E-state index >= 15 is 0 Å². The molecule has 2 amide bonds. The second kappa shape index (κ2) is 52.6. The Morgan fingerprint density at radius 2 is 0.929 bits per heavy atom. The number of nitrogens with zero attached hydrogens (tertiary/aromatic N) is 6. The van der Waals surface area contributed by atoms with E-state index in [-0.39, 0.29) is 79.4 Å². The summed E-state index contributed by atoms with van der Waals surface area (Å²) in [7, 11) is 0. The van der Waals surface area contributed by atoms with Gasteiger partial charge < -0.3 is 48.0 Å². The lowest BCUT2D eigenvalue weighted by atomic mass is 9.93. The van der Waals surface area contributed by atoms with E-state index in [1.807, 2.05) is 93.3 Å². The van der Waals surface area contributed by atoms with Crippen molar-refractivity contribution in [2.75, 3.05) is 39.8 Å². The van der Waals surface area contributed by atoms with Crippen molar-refractivity contribution in [3.8, 4) is 0 Å². The van der Waals surface area contributed by atoms with E-state index < -0.39 is 20.1 Å². The summed E-state index contributed by atoms with van der Waals surface area (Å²) < 4.78 is 12.4. The standard InChI is InChI=1S/C14H19NO.C13H17ClN2.C12H15NO3.C11H13NO.C9H12N2O2.C9H14N2.C9H13N.C3H7I.C2H6O.Cl3OP.ClH.HNO3.H2/c1-9(2)11-6-5-7-13-12(11)8-14(16)15(13)10(3)4;1-8(2)10-6-5-7-11-12(10)15-13(14)16(11)9(3)4;1-8(2)10-5-4-6-12(13(15)16)11(10)7-9(3)14;1-7(2)8-4-3-5-10-9(8)6-11(13)12-10;1-6(2)7-4-3-5-8(9(7)10)11(12)13;1-6(2)7-4-3-5-8(10)9(7)11;1-7(2)8-5-3-4-6-9(8)10;1-3(2)4;1-2-3;1-5(2,3)4;;2-1(3)4;/h5-7,9-10H,8H2,1-4H3;5-9H,1-4H3;4-6,8H,7H2,1-3H3;3-5,7H,6H2,1-2H3,(H,12,13);3-6H,10H2,1-2H3;3-6H,10-11H2,1-2H3;3-7H,10H2,1-2H3;3H,1-2H3;3H,2H2,1H3;;1H;(H,2,3,4);1H. The van der Waals surface area contributed by atoms with Gasteiger partial charge in [0.25, 0.3) is 16.5 Å². The fourth-order valence-electron chi connectivity index (χ4n) is 11.5. The fourth-order valence-corrected chi connectivity index (χ4v) is 11.9. The maximum atomic E-state index is 12.0. The van der Waals surface area contributed by atoms with Gasteiger partial charge in [-0.3, -0.25) is 39.2 Å². The number of nitrogens with two attached hydrogens (primary N) is 4. The molecule has 23 nitrogen and oxygen atoms in total. The van der Waals surface area contributed by atoms with Crippen LogP contribution in [0.4, 0.5) is 45.5 Å². The molecule has 11 N–H and O–H groups in total. The van der Waals surface area contributed by atoms with Crippen LogP contribution in [0, 0.1) is 30.3 Å². The number of anilines is 6. The molecule has 7 aromatic carbocycles. The molecule has 622 valence electrons. The first-order chi connectivity index (χ1) is 51.4. The third-order valence-corrected chi connectivity index (χ3v) is 16.5. The minimum atomic E-state index is -3.22. The number of rotatable bonds is 13. The quantitative estimate of drug-likeness (QED) is 0.0141. The monoisotopic (exact) mass is 1780 g/mol. The third kappa shape index (κ3) is 37.4. The maximum Gasteiger partial charge on any atom is 0.339 e. The van der Waals surface area contributed by atoms with Crippen LogP contribution in [0.5, 0.6) is 0 Å². The highest BCUT2D eigenvalue weighted by Gasteiger charge is 2.31. The van der Waals surface area contributed by atoms with Crippen molar-refractivity contribution < 1.29 is 45.6 Å². The Bertz CT molecular complexity index is 4340. The number of para-hydroxylation sites is 4. The van der Waals surface area contributed by atoms with Gasteiger partial charge in [-0.25, -0.2) is 4.98 Å². The van der Waals surface area contributed by atoms with Crippen molar-refractivity contribution >= 4 is 160 Å². The Balaban J connectivity index is -0.00000121. The molecule has 0 radical (unpaired) electrons. The van der Waals surface area contributed by atoms with Gasteiger partial charge in [-0.1, -0.05) is 224 Å². The molecule has 30 heteroatoms. The van der Waals surface area contributed by atoms with E-state index in [4.69, 9.17) is 55.0 Å². The summed E-state index contributed by atoms with van der Waals surface area (Å²) in [6.07, 6.45) is 1.25. The van der Waals surface area contributed by atoms with Gasteiger partial charge in [-0.05, 0) is 209 Å². The number of halogens is 6. The number of aliphatic hydroxyl groups excluding tert-OH is 1. The van der Waals surface area contributed by atoms with Crippen molar-refractivity contribution in [2.45, 2.75) is 229 Å². The molecule has 1 aromatic heterocycles. The number of aromatic nitrogens is 2. The number of aliphatic hydroxyl groups is 1. The predicted octanol–water partition coefficient (Wildman–Crippen LogP) is 24.3. The minimum absolute atomic E-state index is 0. The lowest BCUT2D eigenvalue weighted by molar-refractivity contribution is -0.742. The first-order valence-corrected chi connectivity index (χ1v) is 42.5. The van der Waals surface area contributed by atoms with Gasteiger partial charge in [0.1, 0.15) is 11.5 Å². The summed E-state index contributed by atoms with van der Waals surface area (Å²) in [5, 5.41) is 42.8. The number of ketones is 1. The minimum Gasteiger partial charge on any atom is -0.398 e. The SMILES string of the molecule is CC(=O)Cc1c(C(C)C)cccc1[N+](=O)[O-].CC(C)I.CC(C)c1cccc(N)c1N.CC(C)c1cccc([N+](=O)[O-])c1N.CC(C)c1cccc2c1CC(=O)N2.CC(C)c1cccc2c1CC(=O)N2C(C)C.CC(C)c1cccc2c1nc(Cl)n2C(C)C.CC(C)c1ccccc1N.CCO.Cl.O=P(Cl)(Cl)Cl.O=[N+]([O-])O.[HH]. The zero-order valence-corrected chi connectivity index (χ0v) is 75.4. The molecule has 0 spiro atoms. The largest absolute Gasteiger partial charge is 0.398 e. The molecule has 0 atom stereocenters. The molecule has 0 unspecified atom stereocenters. The summed E-state index contributed by atoms with van der Waals surface area (Å²) in [4.78, 5) is 69.6. The highest BCUT2D eigenvalue weighted by atomic mass is 127. The smallest absolute Gasteiger partial charge is 0.339 e. The van der Waals surface area contributed by atoms with Gasteiger partial charge >= 0.3 is 5.20 Å². The van der Waals surface area contributed by atoms with Crippen molar-refractivity contribution in [1.82, 2.24) is 9.55 Å². The topological polar surface area (TPSA) is 375 Å². The van der Waals surface area contributed by atoms with E-state index in [2.05, 4.69) is 230 Å². The third-order valence-electron chi connectivity index (χ3n) is 16.3. The number of Topliss-reactive ketones (excluding diaryl/α,β-unsaturated/α-hetero) is 1. The normalized spacial score (nSPS) is 11.4. The number of alkyl halides is 1. The Morgan fingerprint density at radius 1 is 0.562 bits per heavy atom. The summed E-state index contributed by atoms with van der Waals surface area (Å²) in [5.74, 6) is 3.08. The van der Waals surface area contributed by atoms with Gasteiger partial charge in [0.05, 0.1) is 45.1 Å². The Morgan fingerprint density at radius 3 is 1.34 bits per heavy atom. The molecule has 2 aliphatic rings. The van der Waals surface area contributed by atoms with Crippen molar-refractivity contribution in [3.63, 3.8) is 0 Å². The van der Waals surface area contributed by atoms with Crippen LogP contribution in [0.15, 0.2) is 133 Å². The number of nitrogens with one attached hydrogen (secondary N) is 1. The van der Waals surface area contributed by atoms with Gasteiger partial charge in [-0.15, -0.1) is 22.5 Å². The summed E-state index contributed by atoms with van der Waals surface area (Å²) in [5.41, 5.74) is 40.6. The first kappa shape index (κ1) is 106. The van der Waals surface area contributed by atoms with Crippen LogP contribution >= 0.6 is 85.5 Å². The average Bonchev–Trinajstić information content (AvgIpc) is 1.64. The molecule has 0 saturated carbocycles. The molecule has 8 aromatic rings. The molecule has 0 fully saturated rings. The van der Waals surface area contributed by atoms with E-state index in [0.717, 1.165) is 54.4 Å². The summed E-state index contributed by atoms with van der Waals surface area (Å²) >= 11 is 22.4. The Labute approximate surface area is 703 Å².